The highest BCUT2D eigenvalue weighted by Crippen LogP contribution is 2.28. The van der Waals surface area contributed by atoms with Gasteiger partial charge < -0.3 is 0 Å². The number of rotatable bonds is 4. The van der Waals surface area contributed by atoms with Crippen LogP contribution in [0.25, 0.3) is 0 Å². The minimum atomic E-state index is -3.64. The molecule has 2 aromatic rings. The first-order chi connectivity index (χ1) is 9.46. The highest BCUT2D eigenvalue weighted by Gasteiger charge is 2.18. The number of thiophene rings is 1. The number of nitrogens with zero attached hydrogens (tertiary/aromatic N) is 1. The van der Waals surface area contributed by atoms with E-state index < -0.39 is 10.0 Å². The van der Waals surface area contributed by atoms with E-state index in [1.165, 1.54) is 29.5 Å². The summed E-state index contributed by atoms with van der Waals surface area (Å²) < 4.78 is 27.1. The van der Waals surface area contributed by atoms with Gasteiger partial charge in [0.15, 0.2) is 0 Å². The van der Waals surface area contributed by atoms with Crippen molar-refractivity contribution in [2.45, 2.75) is 17.6 Å². The maximum Gasteiger partial charge on any atom is 0.271 e. The third-order valence-electron chi connectivity index (χ3n) is 2.59. The van der Waals surface area contributed by atoms with Gasteiger partial charge in [-0.05, 0) is 36.8 Å². The molecule has 0 bridgehead atoms. The smallest absolute Gasteiger partial charge is 0.271 e. The van der Waals surface area contributed by atoms with Gasteiger partial charge in [0.25, 0.3) is 10.0 Å². The number of halogens is 1. The van der Waals surface area contributed by atoms with Crippen LogP contribution in [-0.4, -0.2) is 8.42 Å². The van der Waals surface area contributed by atoms with Crippen molar-refractivity contribution < 1.29 is 8.42 Å². The fourth-order valence-electron chi connectivity index (χ4n) is 1.56. The van der Waals surface area contributed by atoms with Crippen LogP contribution in [0.4, 0.5) is 5.69 Å². The van der Waals surface area contributed by atoms with E-state index in [4.69, 9.17) is 16.9 Å². The van der Waals surface area contributed by atoms with E-state index in [0.29, 0.717) is 5.56 Å². The van der Waals surface area contributed by atoms with Crippen LogP contribution in [0.1, 0.15) is 17.4 Å². The fourth-order valence-corrected chi connectivity index (χ4v) is 4.21. The Morgan fingerprint density at radius 2 is 2.10 bits per heavy atom. The highest BCUT2D eigenvalue weighted by atomic mass is 35.5. The van der Waals surface area contributed by atoms with Crippen molar-refractivity contribution in [3.63, 3.8) is 0 Å². The second kappa shape index (κ2) is 5.83. The zero-order valence-corrected chi connectivity index (χ0v) is 12.9. The van der Waals surface area contributed by atoms with Crippen molar-refractivity contribution in [3.8, 4) is 6.07 Å². The molecule has 4 nitrogen and oxygen atoms in total. The van der Waals surface area contributed by atoms with Crippen LogP contribution in [0.2, 0.25) is 5.02 Å². The Kier molecular flexibility index (Phi) is 4.33. The number of benzene rings is 1. The Labute approximate surface area is 126 Å². The maximum atomic E-state index is 12.2. The molecular weight excluding hydrogens is 316 g/mol. The predicted octanol–water partition coefficient (Wildman–Crippen LogP) is 3.64. The molecule has 7 heteroatoms. The summed E-state index contributed by atoms with van der Waals surface area (Å²) in [6, 6.07) is 9.72. The lowest BCUT2D eigenvalue weighted by Gasteiger charge is -2.08. The summed E-state index contributed by atoms with van der Waals surface area (Å²) in [5.41, 5.74) is 0.638. The third kappa shape index (κ3) is 3.12. The van der Waals surface area contributed by atoms with Gasteiger partial charge in [0, 0.05) is 4.88 Å². The Morgan fingerprint density at radius 3 is 2.65 bits per heavy atom. The molecule has 1 heterocycles. The molecule has 104 valence electrons. The predicted molar refractivity (Wildman–Crippen MR) is 80.7 cm³/mol. The summed E-state index contributed by atoms with van der Waals surface area (Å²) in [5, 5.41) is 8.94. The van der Waals surface area contributed by atoms with E-state index in [1.807, 2.05) is 13.0 Å². The first kappa shape index (κ1) is 14.9. The minimum Gasteiger partial charge on any atom is -0.277 e. The van der Waals surface area contributed by atoms with E-state index in [2.05, 4.69) is 4.72 Å². The van der Waals surface area contributed by atoms with Gasteiger partial charge in [0.2, 0.25) is 0 Å². The first-order valence-corrected chi connectivity index (χ1v) is 8.45. The molecule has 1 N–H and O–H groups in total. The zero-order chi connectivity index (χ0) is 14.8. The average molecular weight is 327 g/mol. The van der Waals surface area contributed by atoms with Gasteiger partial charge in [-0.2, -0.15) is 5.26 Å². The van der Waals surface area contributed by atoms with Gasteiger partial charge in [-0.3, -0.25) is 4.72 Å². The molecule has 0 atom stereocenters. The van der Waals surface area contributed by atoms with Crippen molar-refractivity contribution in [1.29, 1.82) is 5.26 Å². The Morgan fingerprint density at radius 1 is 1.35 bits per heavy atom. The molecule has 0 saturated carbocycles. The van der Waals surface area contributed by atoms with Crippen LogP contribution < -0.4 is 4.72 Å². The van der Waals surface area contributed by atoms with Crippen molar-refractivity contribution in [2.75, 3.05) is 4.72 Å². The molecule has 20 heavy (non-hydrogen) atoms. The molecule has 0 aliphatic carbocycles. The summed E-state index contributed by atoms with van der Waals surface area (Å²) in [6.07, 6.45) is 0.789. The van der Waals surface area contributed by atoms with Gasteiger partial charge in [-0.15, -0.1) is 11.3 Å². The van der Waals surface area contributed by atoms with E-state index in [0.717, 1.165) is 11.3 Å². The molecule has 2 rings (SSSR count). The highest BCUT2D eigenvalue weighted by molar-refractivity contribution is 7.94. The normalized spacial score (nSPS) is 11.1. The minimum absolute atomic E-state index is 0.194. The van der Waals surface area contributed by atoms with Crippen LogP contribution in [0.3, 0.4) is 0 Å². The number of sulfonamides is 1. The van der Waals surface area contributed by atoms with Crippen molar-refractivity contribution in [1.82, 2.24) is 0 Å². The van der Waals surface area contributed by atoms with Gasteiger partial charge in [0.1, 0.15) is 4.21 Å². The maximum absolute atomic E-state index is 12.2. The van der Waals surface area contributed by atoms with Gasteiger partial charge in [-0.1, -0.05) is 18.5 Å². The molecule has 1 aromatic carbocycles. The van der Waals surface area contributed by atoms with Gasteiger partial charge >= 0.3 is 0 Å². The summed E-state index contributed by atoms with van der Waals surface area (Å²) in [5.74, 6) is 0. The lowest BCUT2D eigenvalue weighted by atomic mass is 10.2. The molecule has 0 saturated heterocycles. The first-order valence-electron chi connectivity index (χ1n) is 5.77. The van der Waals surface area contributed by atoms with Crippen LogP contribution in [0, 0.1) is 11.3 Å². The Hall–Kier alpha value is -1.55. The van der Waals surface area contributed by atoms with Gasteiger partial charge in [-0.25, -0.2) is 8.42 Å². The SMILES string of the molecule is CCc1ccc(S(=O)(=O)Nc2ccc(C#N)cc2Cl)s1. The standard InChI is InChI=1S/C13H11ClN2O2S2/c1-2-10-4-6-13(19-10)20(17,18)16-12-5-3-9(8-15)7-11(12)14/h3-7,16H,2H2,1H3. The molecule has 0 aliphatic heterocycles. The van der Waals surface area contributed by atoms with E-state index >= 15 is 0 Å². The lowest BCUT2D eigenvalue weighted by Crippen LogP contribution is -2.11. The van der Waals surface area contributed by atoms with Crippen molar-refractivity contribution in [3.05, 3.63) is 45.8 Å². The summed E-state index contributed by atoms with van der Waals surface area (Å²) in [7, 11) is -3.64. The van der Waals surface area contributed by atoms with E-state index in [-0.39, 0.29) is 14.9 Å². The van der Waals surface area contributed by atoms with E-state index in [9.17, 15) is 8.42 Å². The number of anilines is 1. The fraction of sp³-hybridized carbons (Fsp3) is 0.154. The number of nitriles is 1. The summed E-state index contributed by atoms with van der Waals surface area (Å²) in [6.45, 7) is 1.97. The van der Waals surface area contributed by atoms with Crippen LogP contribution in [-0.2, 0) is 16.4 Å². The van der Waals surface area contributed by atoms with E-state index in [1.54, 1.807) is 12.1 Å². The molecule has 0 fully saturated rings. The second-order valence-electron chi connectivity index (χ2n) is 3.99. The lowest BCUT2D eigenvalue weighted by molar-refractivity contribution is 0.603. The molecule has 0 amide bonds. The van der Waals surface area contributed by atoms with Crippen molar-refractivity contribution >= 4 is 38.6 Å². The quantitative estimate of drug-likeness (QED) is 0.932. The Balaban J connectivity index is 2.31. The third-order valence-corrected chi connectivity index (χ3v) is 5.99. The monoisotopic (exact) mass is 326 g/mol. The number of nitrogens with one attached hydrogen (secondary N) is 1. The average Bonchev–Trinajstić information content (AvgIpc) is 2.90. The summed E-state index contributed by atoms with van der Waals surface area (Å²) >= 11 is 7.19. The van der Waals surface area contributed by atoms with Crippen molar-refractivity contribution in [2.24, 2.45) is 0 Å². The van der Waals surface area contributed by atoms with Crippen LogP contribution >= 0.6 is 22.9 Å². The molecule has 0 aliphatic rings. The molecule has 0 radical (unpaired) electrons. The second-order valence-corrected chi connectivity index (χ2v) is 7.47. The topological polar surface area (TPSA) is 70.0 Å². The number of aryl methyl sites for hydroxylation is 1. The molecule has 0 spiro atoms. The number of hydrogen-bond acceptors (Lipinski definition) is 4. The van der Waals surface area contributed by atoms with Gasteiger partial charge in [0.05, 0.1) is 22.3 Å². The number of hydrogen-bond donors (Lipinski definition) is 1. The Bertz CT molecular complexity index is 776. The molecule has 1 aromatic heterocycles. The summed E-state index contributed by atoms with van der Waals surface area (Å²) in [4.78, 5) is 0.997. The van der Waals surface area contributed by atoms with Crippen LogP contribution in [0.5, 0.6) is 0 Å². The van der Waals surface area contributed by atoms with Crippen LogP contribution in [0.15, 0.2) is 34.5 Å². The molecule has 0 unspecified atom stereocenters. The largest absolute Gasteiger partial charge is 0.277 e. The molecular formula is C13H11ClN2O2S2. The zero-order valence-electron chi connectivity index (χ0n) is 10.6.